The summed E-state index contributed by atoms with van der Waals surface area (Å²) in [7, 11) is 2.03. The number of aliphatic carboxylic acids is 1. The number of aromatic nitrogens is 2. The lowest BCUT2D eigenvalue weighted by molar-refractivity contribution is -0.192. The second-order valence-electron chi connectivity index (χ2n) is 8.21. The molecule has 1 amide bonds. The van der Waals surface area contributed by atoms with Crippen LogP contribution < -0.4 is 4.90 Å². The summed E-state index contributed by atoms with van der Waals surface area (Å²) < 4.78 is 33.8. The number of hydrogen-bond donors (Lipinski definition) is 1. The van der Waals surface area contributed by atoms with Gasteiger partial charge in [-0.25, -0.2) is 9.78 Å². The van der Waals surface area contributed by atoms with E-state index in [1.54, 1.807) is 0 Å². The minimum atomic E-state index is -5.08. The summed E-state index contributed by atoms with van der Waals surface area (Å²) in [4.78, 5) is 30.3. The lowest BCUT2D eigenvalue weighted by atomic mass is 9.86. The zero-order valence-corrected chi connectivity index (χ0v) is 17.4. The molecular formula is C21H25F3N4O3. The molecule has 7 nitrogen and oxygen atoms in total. The van der Waals surface area contributed by atoms with E-state index in [2.05, 4.69) is 45.6 Å². The Kier molecular flexibility index (Phi) is 6.40. The van der Waals surface area contributed by atoms with Gasteiger partial charge in [-0.05, 0) is 32.0 Å². The molecule has 2 fully saturated rings. The second kappa shape index (κ2) is 8.70. The number of carbonyl (C=O) groups excluding carboxylic acids is 1. The van der Waals surface area contributed by atoms with Crippen LogP contribution in [0.5, 0.6) is 0 Å². The number of carboxylic acids is 1. The fourth-order valence-corrected chi connectivity index (χ4v) is 4.04. The third kappa shape index (κ3) is 5.43. The van der Waals surface area contributed by atoms with Crippen LogP contribution in [-0.4, -0.2) is 57.2 Å². The van der Waals surface area contributed by atoms with Crippen LogP contribution in [0.2, 0.25) is 0 Å². The van der Waals surface area contributed by atoms with E-state index in [9.17, 15) is 18.0 Å². The molecule has 1 aromatic carbocycles. The second-order valence-corrected chi connectivity index (χ2v) is 8.21. The Hall–Kier alpha value is -2.88. The van der Waals surface area contributed by atoms with Crippen molar-refractivity contribution < 1.29 is 27.9 Å². The van der Waals surface area contributed by atoms with Crippen LogP contribution in [0.3, 0.4) is 0 Å². The molecule has 4 rings (SSSR count). The van der Waals surface area contributed by atoms with Crippen LogP contribution in [0.25, 0.3) is 0 Å². The highest BCUT2D eigenvalue weighted by atomic mass is 19.4. The quantitative estimate of drug-likeness (QED) is 0.797. The van der Waals surface area contributed by atoms with E-state index in [1.807, 2.05) is 24.3 Å². The number of likely N-dealkylation sites (tertiary alicyclic amines) is 1. The molecule has 31 heavy (non-hydrogen) atoms. The molecule has 3 heterocycles. The summed E-state index contributed by atoms with van der Waals surface area (Å²) in [5.41, 5.74) is 2.36. The molecule has 1 N–H and O–H groups in total. The first-order chi connectivity index (χ1) is 14.5. The minimum absolute atomic E-state index is 0.104. The molecule has 0 bridgehead atoms. The monoisotopic (exact) mass is 438 g/mol. The number of rotatable bonds is 3. The number of imidazole rings is 1. The van der Waals surface area contributed by atoms with Crippen molar-refractivity contribution in [1.82, 2.24) is 14.5 Å². The minimum Gasteiger partial charge on any atom is -0.475 e. The third-order valence-corrected chi connectivity index (χ3v) is 5.71. The van der Waals surface area contributed by atoms with Gasteiger partial charge < -0.3 is 14.6 Å². The maximum atomic E-state index is 12.6. The smallest absolute Gasteiger partial charge is 0.475 e. The predicted octanol–water partition coefficient (Wildman–Crippen LogP) is 2.99. The van der Waals surface area contributed by atoms with Gasteiger partial charge >= 0.3 is 12.1 Å². The van der Waals surface area contributed by atoms with Gasteiger partial charge in [0.15, 0.2) is 0 Å². The Balaban J connectivity index is 0.000000339. The van der Waals surface area contributed by atoms with Gasteiger partial charge in [0.05, 0.1) is 6.54 Å². The first kappa shape index (κ1) is 22.8. The van der Waals surface area contributed by atoms with E-state index in [4.69, 9.17) is 9.90 Å². The zero-order chi connectivity index (χ0) is 22.8. The van der Waals surface area contributed by atoms with Gasteiger partial charge in [0.2, 0.25) is 5.91 Å². The molecule has 10 heteroatoms. The molecule has 1 unspecified atom stereocenters. The molecule has 0 radical (unpaired) electrons. The van der Waals surface area contributed by atoms with Crippen LogP contribution in [0.1, 0.15) is 24.2 Å². The van der Waals surface area contributed by atoms with Crippen molar-refractivity contribution in [3.8, 4) is 0 Å². The number of nitrogens with zero attached hydrogens (tertiary/aromatic N) is 4. The number of carboxylic acid groups (broad SMARTS) is 1. The maximum absolute atomic E-state index is 12.6. The highest BCUT2D eigenvalue weighted by Gasteiger charge is 2.47. The molecular weight excluding hydrogens is 413 g/mol. The van der Waals surface area contributed by atoms with Gasteiger partial charge in [-0.3, -0.25) is 9.69 Å². The van der Waals surface area contributed by atoms with Crippen molar-refractivity contribution in [2.24, 2.45) is 12.5 Å². The molecule has 2 aliphatic rings. The van der Waals surface area contributed by atoms with Crippen molar-refractivity contribution in [2.75, 3.05) is 24.5 Å². The SMILES string of the molecule is Cc1ccc(N2CC3(CCN(Cc4nccn4C)C3)CC2=O)cc1.O=C(O)C(F)(F)F. The number of aryl methyl sites for hydroxylation is 2. The van der Waals surface area contributed by atoms with Gasteiger partial charge in [-0.1, -0.05) is 17.7 Å². The summed E-state index contributed by atoms with van der Waals surface area (Å²) >= 11 is 0. The van der Waals surface area contributed by atoms with E-state index in [0.29, 0.717) is 6.42 Å². The Morgan fingerprint density at radius 1 is 1.23 bits per heavy atom. The highest BCUT2D eigenvalue weighted by molar-refractivity contribution is 5.96. The molecule has 1 spiro atoms. The van der Waals surface area contributed by atoms with Crippen LogP contribution in [0.4, 0.5) is 18.9 Å². The molecule has 0 saturated carbocycles. The Labute approximate surface area is 178 Å². The summed E-state index contributed by atoms with van der Waals surface area (Å²) in [5.74, 6) is -1.41. The lowest BCUT2D eigenvalue weighted by Gasteiger charge is -2.24. The topological polar surface area (TPSA) is 78.7 Å². The number of hydrogen-bond acceptors (Lipinski definition) is 4. The van der Waals surface area contributed by atoms with E-state index >= 15 is 0 Å². The van der Waals surface area contributed by atoms with Crippen molar-refractivity contribution in [3.05, 3.63) is 48.0 Å². The fraction of sp³-hybridized carbons (Fsp3) is 0.476. The van der Waals surface area contributed by atoms with Gasteiger partial charge in [-0.15, -0.1) is 0 Å². The van der Waals surface area contributed by atoms with Gasteiger partial charge in [0.25, 0.3) is 0 Å². The molecule has 168 valence electrons. The van der Waals surface area contributed by atoms with Crippen molar-refractivity contribution >= 4 is 17.6 Å². The first-order valence-corrected chi connectivity index (χ1v) is 9.85. The number of benzene rings is 1. The zero-order valence-electron chi connectivity index (χ0n) is 17.4. The Morgan fingerprint density at radius 2 is 1.87 bits per heavy atom. The summed E-state index contributed by atoms with van der Waals surface area (Å²) in [6.07, 6.45) is 0.502. The predicted molar refractivity (Wildman–Crippen MR) is 107 cm³/mol. The van der Waals surface area contributed by atoms with E-state index in [1.165, 1.54) is 5.56 Å². The Morgan fingerprint density at radius 3 is 2.42 bits per heavy atom. The highest BCUT2D eigenvalue weighted by Crippen LogP contribution is 2.42. The average molecular weight is 438 g/mol. The number of anilines is 1. The molecule has 1 aromatic heterocycles. The van der Waals surface area contributed by atoms with E-state index < -0.39 is 12.1 Å². The average Bonchev–Trinajstić information content (AvgIpc) is 3.36. The van der Waals surface area contributed by atoms with E-state index in [-0.39, 0.29) is 11.3 Å². The molecule has 0 aliphatic carbocycles. The number of alkyl halides is 3. The summed E-state index contributed by atoms with van der Waals surface area (Å²) in [6, 6.07) is 8.28. The number of halogens is 3. The maximum Gasteiger partial charge on any atom is 0.490 e. The lowest BCUT2D eigenvalue weighted by Crippen LogP contribution is -2.31. The van der Waals surface area contributed by atoms with Crippen LogP contribution in [0, 0.1) is 12.3 Å². The van der Waals surface area contributed by atoms with Crippen LogP contribution >= 0.6 is 0 Å². The molecule has 1 atom stereocenters. The fourth-order valence-electron chi connectivity index (χ4n) is 4.04. The summed E-state index contributed by atoms with van der Waals surface area (Å²) in [5, 5.41) is 7.12. The van der Waals surface area contributed by atoms with Gasteiger partial charge in [0, 0.05) is 50.1 Å². The van der Waals surface area contributed by atoms with Crippen molar-refractivity contribution in [3.63, 3.8) is 0 Å². The standard InChI is InChI=1S/C19H24N4O.C2HF3O2/c1-15-3-5-16(6-4-15)23-14-19(11-18(23)24)7-9-22(13-19)12-17-20-8-10-21(17)2;3-2(4,5)1(6)7/h3-6,8,10H,7,9,11-14H2,1-2H3;(H,6,7). The summed E-state index contributed by atoms with van der Waals surface area (Å²) in [6.45, 7) is 5.80. The normalized spacial score (nSPS) is 21.5. The van der Waals surface area contributed by atoms with E-state index in [0.717, 1.165) is 44.1 Å². The Bertz CT molecular complexity index is 942. The van der Waals surface area contributed by atoms with Crippen LogP contribution in [0.15, 0.2) is 36.7 Å². The number of amides is 1. The third-order valence-electron chi connectivity index (χ3n) is 5.71. The van der Waals surface area contributed by atoms with Crippen molar-refractivity contribution in [1.29, 1.82) is 0 Å². The molecule has 2 aliphatic heterocycles. The van der Waals surface area contributed by atoms with Gasteiger partial charge in [-0.2, -0.15) is 13.2 Å². The largest absolute Gasteiger partial charge is 0.490 e. The first-order valence-electron chi connectivity index (χ1n) is 9.85. The molecule has 2 aromatic rings. The molecule has 2 saturated heterocycles. The van der Waals surface area contributed by atoms with Crippen molar-refractivity contribution in [2.45, 2.75) is 32.5 Å². The van der Waals surface area contributed by atoms with Gasteiger partial charge in [0.1, 0.15) is 5.82 Å². The van der Waals surface area contributed by atoms with Crippen LogP contribution in [-0.2, 0) is 23.2 Å². The number of carbonyl (C=O) groups is 2.